The predicted octanol–water partition coefficient (Wildman–Crippen LogP) is 0.0324. The van der Waals surface area contributed by atoms with Gasteiger partial charge in [-0.15, -0.1) is 0 Å². The second kappa shape index (κ2) is 4.76. The van der Waals surface area contributed by atoms with Crippen molar-refractivity contribution in [3.05, 3.63) is 24.0 Å². The van der Waals surface area contributed by atoms with Crippen molar-refractivity contribution in [1.82, 2.24) is 4.72 Å². The van der Waals surface area contributed by atoms with Gasteiger partial charge in [-0.25, -0.2) is 25.9 Å². The number of hydrogen-bond acceptors (Lipinski definition) is 5. The lowest BCUT2D eigenvalue weighted by atomic mass is 10.3. The average Bonchev–Trinajstić information content (AvgIpc) is 3.07. The molecule has 112 valence electrons. The molecule has 6 nitrogen and oxygen atoms in total. The Morgan fingerprint density at radius 3 is 2.35 bits per heavy atom. The van der Waals surface area contributed by atoms with Gasteiger partial charge in [-0.3, -0.25) is 0 Å². The van der Waals surface area contributed by atoms with Gasteiger partial charge in [0.2, 0.25) is 10.0 Å². The highest BCUT2D eigenvalue weighted by Crippen LogP contribution is 2.36. The summed E-state index contributed by atoms with van der Waals surface area (Å²) in [7, 11) is -7.87. The van der Waals surface area contributed by atoms with Crippen LogP contribution in [0.1, 0.15) is 12.8 Å². The van der Waals surface area contributed by atoms with Crippen molar-refractivity contribution in [2.75, 3.05) is 12.9 Å². The van der Waals surface area contributed by atoms with E-state index in [1.54, 1.807) is 0 Å². The number of halogens is 1. The molecule has 1 saturated carbocycles. The third kappa shape index (κ3) is 3.00. The molecular weight excluding hydrogens is 309 g/mol. The van der Waals surface area contributed by atoms with Crippen molar-refractivity contribution in [2.45, 2.75) is 28.2 Å². The summed E-state index contributed by atoms with van der Waals surface area (Å²) in [5, 5.41) is 9.10. The van der Waals surface area contributed by atoms with Gasteiger partial charge in [0.25, 0.3) is 0 Å². The van der Waals surface area contributed by atoms with Gasteiger partial charge in [0.05, 0.1) is 17.0 Å². The van der Waals surface area contributed by atoms with Crippen LogP contribution in [-0.2, 0) is 19.9 Å². The maximum absolute atomic E-state index is 13.7. The Labute approximate surface area is 116 Å². The van der Waals surface area contributed by atoms with Crippen LogP contribution in [0.15, 0.2) is 28.0 Å². The molecule has 2 N–H and O–H groups in total. The van der Waals surface area contributed by atoms with E-state index in [9.17, 15) is 21.2 Å². The summed E-state index contributed by atoms with van der Waals surface area (Å²) in [5.74, 6) is -1.04. The lowest BCUT2D eigenvalue weighted by molar-refractivity contribution is 0.246. The molecule has 0 heterocycles. The van der Waals surface area contributed by atoms with Gasteiger partial charge < -0.3 is 5.11 Å². The van der Waals surface area contributed by atoms with Crippen LogP contribution in [0.2, 0.25) is 0 Å². The molecular formula is C11H14FNO5S2. The Morgan fingerprint density at radius 1 is 1.30 bits per heavy atom. The van der Waals surface area contributed by atoms with E-state index >= 15 is 0 Å². The minimum Gasteiger partial charge on any atom is -0.394 e. The zero-order chi connectivity index (χ0) is 15.2. The van der Waals surface area contributed by atoms with Crippen LogP contribution < -0.4 is 4.72 Å². The molecule has 0 radical (unpaired) electrons. The maximum Gasteiger partial charge on any atom is 0.244 e. The molecule has 9 heteroatoms. The molecule has 20 heavy (non-hydrogen) atoms. The second-order valence-corrected chi connectivity index (χ2v) is 8.57. The zero-order valence-corrected chi connectivity index (χ0v) is 12.3. The lowest BCUT2D eigenvalue weighted by Crippen LogP contribution is -2.39. The topological polar surface area (TPSA) is 101 Å². The van der Waals surface area contributed by atoms with Crippen molar-refractivity contribution in [2.24, 2.45) is 0 Å². The van der Waals surface area contributed by atoms with E-state index in [2.05, 4.69) is 4.72 Å². The normalized spacial score (nSPS) is 17.9. The first-order valence-corrected chi connectivity index (χ1v) is 9.12. The molecule has 1 aromatic rings. The van der Waals surface area contributed by atoms with Crippen LogP contribution in [0.4, 0.5) is 4.39 Å². The summed E-state index contributed by atoms with van der Waals surface area (Å²) in [6.45, 7) is -0.389. The second-order valence-electron chi connectivity index (χ2n) is 4.91. The Hall–Kier alpha value is -1.03. The van der Waals surface area contributed by atoms with Gasteiger partial charge in [-0.05, 0) is 31.0 Å². The fraction of sp³-hybridized carbons (Fsp3) is 0.455. The van der Waals surface area contributed by atoms with Crippen LogP contribution in [0.3, 0.4) is 0 Å². The number of nitrogens with one attached hydrogen (secondary N) is 1. The fourth-order valence-electron chi connectivity index (χ4n) is 1.70. The van der Waals surface area contributed by atoms with E-state index in [1.807, 2.05) is 0 Å². The van der Waals surface area contributed by atoms with Crippen molar-refractivity contribution < 1.29 is 26.3 Å². The number of hydrogen-bond donors (Lipinski definition) is 2. The first kappa shape index (κ1) is 15.4. The van der Waals surface area contributed by atoms with Crippen LogP contribution >= 0.6 is 0 Å². The number of sulfone groups is 1. The number of aliphatic hydroxyl groups is 1. The zero-order valence-electron chi connectivity index (χ0n) is 10.6. The Morgan fingerprint density at radius 2 is 1.90 bits per heavy atom. The Balaban J connectivity index is 2.46. The number of sulfonamides is 1. The molecule has 0 bridgehead atoms. The molecule has 2 rings (SSSR count). The molecule has 1 fully saturated rings. The number of rotatable bonds is 5. The standard InChI is InChI=1S/C11H14FNO5S2/c1-19(15,16)8-2-3-9(12)10(6-8)20(17,18)13-11(7-14)4-5-11/h2-3,6,13-14H,4-5,7H2,1H3. The van der Waals surface area contributed by atoms with E-state index < -0.39 is 36.1 Å². The molecule has 0 saturated heterocycles. The summed E-state index contributed by atoms with van der Waals surface area (Å²) >= 11 is 0. The summed E-state index contributed by atoms with van der Waals surface area (Å²) in [6.07, 6.45) is 1.81. The summed E-state index contributed by atoms with van der Waals surface area (Å²) in [6, 6.07) is 2.58. The average molecular weight is 323 g/mol. The first-order chi connectivity index (χ1) is 9.10. The van der Waals surface area contributed by atoms with Gasteiger partial charge in [0, 0.05) is 6.26 Å². The predicted molar refractivity (Wildman–Crippen MR) is 68.9 cm³/mol. The van der Waals surface area contributed by atoms with E-state index in [4.69, 9.17) is 5.11 Å². The maximum atomic E-state index is 13.7. The Kier molecular flexibility index (Phi) is 3.66. The van der Waals surface area contributed by atoms with Gasteiger partial charge in [-0.1, -0.05) is 0 Å². The number of benzene rings is 1. The summed E-state index contributed by atoms with van der Waals surface area (Å²) in [5.41, 5.74) is -0.952. The van der Waals surface area contributed by atoms with Crippen molar-refractivity contribution >= 4 is 19.9 Å². The highest BCUT2D eigenvalue weighted by Gasteiger charge is 2.46. The molecule has 0 spiro atoms. The molecule has 1 aromatic carbocycles. The van der Waals surface area contributed by atoms with Crippen molar-refractivity contribution in [3.63, 3.8) is 0 Å². The molecule has 1 aliphatic rings. The van der Waals surface area contributed by atoms with Gasteiger partial charge in [0.15, 0.2) is 9.84 Å². The highest BCUT2D eigenvalue weighted by atomic mass is 32.2. The van der Waals surface area contributed by atoms with Crippen molar-refractivity contribution in [1.29, 1.82) is 0 Å². The van der Waals surface area contributed by atoms with Crippen LogP contribution in [-0.4, -0.2) is 40.3 Å². The molecule has 0 aromatic heterocycles. The SMILES string of the molecule is CS(=O)(=O)c1ccc(F)c(S(=O)(=O)NC2(CO)CC2)c1. The largest absolute Gasteiger partial charge is 0.394 e. The molecule has 0 amide bonds. The third-order valence-electron chi connectivity index (χ3n) is 3.13. The van der Waals surface area contributed by atoms with E-state index in [-0.39, 0.29) is 11.5 Å². The van der Waals surface area contributed by atoms with Crippen LogP contribution in [0.5, 0.6) is 0 Å². The van der Waals surface area contributed by atoms with Gasteiger partial charge in [-0.2, -0.15) is 0 Å². The minimum atomic E-state index is -4.23. The monoisotopic (exact) mass is 323 g/mol. The van der Waals surface area contributed by atoms with Crippen LogP contribution in [0.25, 0.3) is 0 Å². The molecule has 0 atom stereocenters. The fourth-order valence-corrected chi connectivity index (χ4v) is 3.98. The first-order valence-electron chi connectivity index (χ1n) is 5.74. The molecule has 1 aliphatic carbocycles. The highest BCUT2D eigenvalue weighted by molar-refractivity contribution is 7.91. The van der Waals surface area contributed by atoms with Gasteiger partial charge >= 0.3 is 0 Å². The molecule has 0 unspecified atom stereocenters. The lowest BCUT2D eigenvalue weighted by Gasteiger charge is -2.15. The molecule has 0 aliphatic heterocycles. The van der Waals surface area contributed by atoms with Gasteiger partial charge in [0.1, 0.15) is 10.7 Å². The smallest absolute Gasteiger partial charge is 0.244 e. The number of aliphatic hydroxyl groups excluding tert-OH is 1. The van der Waals surface area contributed by atoms with Crippen molar-refractivity contribution in [3.8, 4) is 0 Å². The third-order valence-corrected chi connectivity index (χ3v) is 5.83. The van der Waals surface area contributed by atoms with E-state index in [1.165, 1.54) is 0 Å². The van der Waals surface area contributed by atoms with Crippen LogP contribution in [0, 0.1) is 5.82 Å². The Bertz CT molecular complexity index is 738. The van der Waals surface area contributed by atoms with E-state index in [0.29, 0.717) is 12.8 Å². The summed E-state index contributed by atoms with van der Waals surface area (Å²) < 4.78 is 62.9. The minimum absolute atomic E-state index is 0.284. The quantitative estimate of drug-likeness (QED) is 0.745. The summed E-state index contributed by atoms with van der Waals surface area (Å²) in [4.78, 5) is -1.02. The van der Waals surface area contributed by atoms with E-state index in [0.717, 1.165) is 24.5 Å².